The molecule has 3 aromatic carbocycles. The van der Waals surface area contributed by atoms with E-state index in [1.54, 1.807) is 25.5 Å². The lowest BCUT2D eigenvalue weighted by Gasteiger charge is -2.24. The highest BCUT2D eigenvalue weighted by molar-refractivity contribution is 14.1. The number of carbonyl (C=O) groups excluding carboxylic acids is 1. The third kappa shape index (κ3) is 5.75. The Bertz CT molecular complexity index is 1760. The van der Waals surface area contributed by atoms with E-state index in [9.17, 15) is 9.59 Å². The Balaban J connectivity index is 1.56. The first-order valence-corrected chi connectivity index (χ1v) is 14.6. The number of halogens is 1. The zero-order valence-electron chi connectivity index (χ0n) is 22.2. The van der Waals surface area contributed by atoms with Crippen molar-refractivity contribution >= 4 is 46.0 Å². The highest BCUT2D eigenvalue weighted by Crippen LogP contribution is 2.30. The highest BCUT2D eigenvalue weighted by atomic mass is 127. The van der Waals surface area contributed by atoms with Gasteiger partial charge in [-0.05, 0) is 90.0 Å². The van der Waals surface area contributed by atoms with Crippen LogP contribution in [-0.2, 0) is 16.1 Å². The van der Waals surface area contributed by atoms with Gasteiger partial charge in [0.15, 0.2) is 4.80 Å². The molecule has 204 valence electrons. The van der Waals surface area contributed by atoms with Gasteiger partial charge in [-0.3, -0.25) is 9.36 Å². The number of benzene rings is 3. The molecule has 0 aliphatic carbocycles. The Kier molecular flexibility index (Phi) is 8.51. The molecule has 1 aliphatic heterocycles. The topological polar surface area (TPSA) is 79.1 Å². The summed E-state index contributed by atoms with van der Waals surface area (Å²) in [4.78, 5) is 32.0. The van der Waals surface area contributed by atoms with E-state index in [1.165, 1.54) is 11.3 Å². The van der Waals surface area contributed by atoms with Crippen LogP contribution in [0.15, 0.2) is 93.9 Å². The Labute approximate surface area is 249 Å². The number of allylic oxidation sites excluding steroid dienone is 1. The first-order valence-electron chi connectivity index (χ1n) is 12.7. The second-order valence-corrected chi connectivity index (χ2v) is 11.3. The summed E-state index contributed by atoms with van der Waals surface area (Å²) in [5.74, 6) is 0.984. The van der Waals surface area contributed by atoms with Gasteiger partial charge in [0.1, 0.15) is 18.1 Å². The van der Waals surface area contributed by atoms with Crippen LogP contribution in [0.3, 0.4) is 0 Å². The molecule has 2 heterocycles. The number of carbonyl (C=O) groups is 1. The van der Waals surface area contributed by atoms with Crippen LogP contribution in [0.2, 0.25) is 0 Å². The molecule has 1 atom stereocenters. The van der Waals surface area contributed by atoms with Crippen LogP contribution in [-0.4, -0.2) is 24.3 Å². The minimum Gasteiger partial charge on any atom is -0.496 e. The number of methoxy groups -OCH3 is 1. The van der Waals surface area contributed by atoms with Gasteiger partial charge in [-0.2, -0.15) is 0 Å². The molecule has 0 amide bonds. The number of thiazole rings is 1. The van der Waals surface area contributed by atoms with E-state index in [2.05, 4.69) is 27.6 Å². The smallest absolute Gasteiger partial charge is 0.338 e. The molecule has 0 N–H and O–H groups in total. The molecule has 0 bridgehead atoms. The summed E-state index contributed by atoms with van der Waals surface area (Å²) in [7, 11) is 1.62. The predicted molar refractivity (Wildman–Crippen MR) is 163 cm³/mol. The van der Waals surface area contributed by atoms with Crippen LogP contribution in [0.1, 0.15) is 36.6 Å². The molecule has 0 fully saturated rings. The van der Waals surface area contributed by atoms with Crippen LogP contribution in [0.5, 0.6) is 11.5 Å². The molecule has 0 spiro atoms. The van der Waals surface area contributed by atoms with E-state index >= 15 is 0 Å². The number of fused-ring (bicyclic) bond motifs is 1. The van der Waals surface area contributed by atoms with Gasteiger partial charge in [-0.25, -0.2) is 9.79 Å². The molecule has 7 nitrogen and oxygen atoms in total. The molecule has 5 rings (SSSR count). The molecule has 1 aromatic heterocycles. The summed E-state index contributed by atoms with van der Waals surface area (Å²) in [6.07, 6.45) is 1.84. The number of nitrogens with zero attached hydrogens (tertiary/aromatic N) is 2. The van der Waals surface area contributed by atoms with Crippen molar-refractivity contribution < 1.29 is 19.0 Å². The van der Waals surface area contributed by atoms with Gasteiger partial charge in [0.2, 0.25) is 0 Å². The Hall–Kier alpha value is -3.70. The lowest BCUT2D eigenvalue weighted by Crippen LogP contribution is -2.39. The van der Waals surface area contributed by atoms with Gasteiger partial charge in [0.25, 0.3) is 5.56 Å². The maximum absolute atomic E-state index is 13.8. The number of esters is 1. The molecule has 4 aromatic rings. The van der Waals surface area contributed by atoms with E-state index in [1.807, 2.05) is 78.9 Å². The third-order valence-electron chi connectivity index (χ3n) is 6.44. The average molecular weight is 667 g/mol. The van der Waals surface area contributed by atoms with Crippen LogP contribution in [0.4, 0.5) is 0 Å². The molecule has 0 saturated carbocycles. The van der Waals surface area contributed by atoms with Crippen molar-refractivity contribution in [1.82, 2.24) is 4.57 Å². The van der Waals surface area contributed by atoms with Gasteiger partial charge in [0.05, 0.1) is 35.6 Å². The summed E-state index contributed by atoms with van der Waals surface area (Å²) in [5, 5.41) is 0. The van der Waals surface area contributed by atoms with E-state index in [0.717, 1.165) is 26.0 Å². The van der Waals surface area contributed by atoms with Gasteiger partial charge < -0.3 is 14.2 Å². The normalized spacial score (nSPS) is 14.9. The Morgan fingerprint density at radius 1 is 1.10 bits per heavy atom. The maximum atomic E-state index is 13.8. The molecular formula is C31H27IN2O5S. The van der Waals surface area contributed by atoms with E-state index < -0.39 is 12.0 Å². The van der Waals surface area contributed by atoms with Crippen molar-refractivity contribution in [2.45, 2.75) is 26.5 Å². The minimum absolute atomic E-state index is 0.223. The van der Waals surface area contributed by atoms with Crippen LogP contribution < -0.4 is 24.4 Å². The number of aromatic nitrogens is 1. The van der Waals surface area contributed by atoms with Crippen LogP contribution in [0.25, 0.3) is 6.08 Å². The number of hydrogen-bond donors (Lipinski definition) is 0. The lowest BCUT2D eigenvalue weighted by molar-refractivity contribution is -0.139. The van der Waals surface area contributed by atoms with Gasteiger partial charge in [0, 0.05) is 9.13 Å². The van der Waals surface area contributed by atoms with Crippen molar-refractivity contribution in [3.8, 4) is 11.5 Å². The zero-order chi connectivity index (χ0) is 28.2. The van der Waals surface area contributed by atoms with Crippen molar-refractivity contribution in [3.63, 3.8) is 0 Å². The standard InChI is InChI=1S/C31H27IN2O5S/c1-4-38-30(36)27-19(2)33-31-34(28(27)21-8-6-5-7-9-21)29(35)26(40-31)17-20-10-15-25(37-3)22(16-20)18-39-24-13-11-23(32)12-14-24/h5-17,28H,4,18H2,1-3H3/b26-17+. The molecule has 40 heavy (non-hydrogen) atoms. The van der Waals surface area contributed by atoms with Crippen molar-refractivity contribution in [2.24, 2.45) is 4.99 Å². The van der Waals surface area contributed by atoms with Gasteiger partial charge in [-0.1, -0.05) is 47.7 Å². The van der Waals surface area contributed by atoms with Gasteiger partial charge in [-0.15, -0.1) is 0 Å². The molecule has 1 aliphatic rings. The molecule has 9 heteroatoms. The summed E-state index contributed by atoms with van der Waals surface area (Å²) < 4.78 is 20.1. The van der Waals surface area contributed by atoms with Crippen molar-refractivity contribution in [1.29, 1.82) is 0 Å². The third-order valence-corrected chi connectivity index (χ3v) is 8.14. The van der Waals surface area contributed by atoms with Crippen molar-refractivity contribution in [3.05, 3.63) is 124 Å². The summed E-state index contributed by atoms with van der Waals surface area (Å²) in [6, 6.07) is 22.4. The summed E-state index contributed by atoms with van der Waals surface area (Å²) in [5.41, 5.74) is 3.17. The average Bonchev–Trinajstić information content (AvgIpc) is 3.26. The van der Waals surface area contributed by atoms with E-state index in [4.69, 9.17) is 14.2 Å². The fourth-order valence-electron chi connectivity index (χ4n) is 4.59. The Morgan fingerprint density at radius 3 is 2.55 bits per heavy atom. The number of hydrogen-bond acceptors (Lipinski definition) is 7. The molecule has 1 unspecified atom stereocenters. The van der Waals surface area contributed by atoms with E-state index in [0.29, 0.717) is 33.0 Å². The number of rotatable bonds is 8. The zero-order valence-corrected chi connectivity index (χ0v) is 25.2. The first kappa shape index (κ1) is 27.9. The van der Waals surface area contributed by atoms with Gasteiger partial charge >= 0.3 is 5.97 Å². The summed E-state index contributed by atoms with van der Waals surface area (Å²) >= 11 is 3.55. The lowest BCUT2D eigenvalue weighted by atomic mass is 9.96. The Morgan fingerprint density at radius 2 is 1.85 bits per heavy atom. The second kappa shape index (κ2) is 12.2. The van der Waals surface area contributed by atoms with E-state index in [-0.39, 0.29) is 12.2 Å². The quantitative estimate of drug-likeness (QED) is 0.196. The maximum Gasteiger partial charge on any atom is 0.338 e. The predicted octanol–water partition coefficient (Wildman–Crippen LogP) is 4.99. The van der Waals surface area contributed by atoms with Crippen LogP contribution in [0, 0.1) is 3.57 Å². The number of ether oxygens (including phenoxy) is 3. The fraction of sp³-hybridized carbons (Fsp3) is 0.194. The highest BCUT2D eigenvalue weighted by Gasteiger charge is 2.33. The molecular weight excluding hydrogens is 639 g/mol. The summed E-state index contributed by atoms with van der Waals surface area (Å²) in [6.45, 7) is 4.08. The largest absolute Gasteiger partial charge is 0.496 e. The fourth-order valence-corrected chi connectivity index (χ4v) is 5.99. The monoisotopic (exact) mass is 666 g/mol. The molecule has 0 radical (unpaired) electrons. The minimum atomic E-state index is -0.632. The molecule has 0 saturated heterocycles. The first-order chi connectivity index (χ1) is 19.4. The van der Waals surface area contributed by atoms with Crippen molar-refractivity contribution in [2.75, 3.05) is 13.7 Å². The second-order valence-electron chi connectivity index (χ2n) is 9.03. The SMILES string of the molecule is CCOC(=O)C1=C(C)N=c2s/c(=C/c3ccc(OC)c(COc4ccc(I)cc4)c3)c(=O)n2C1c1ccccc1. The van der Waals surface area contributed by atoms with Crippen LogP contribution >= 0.6 is 33.9 Å².